The first-order valence-electron chi connectivity index (χ1n) is 16.4. The molecule has 0 saturated heterocycles. The number of rotatable bonds is 8. The molecule has 1 heterocycles. The van der Waals surface area contributed by atoms with E-state index in [-0.39, 0.29) is 11.5 Å². The van der Waals surface area contributed by atoms with E-state index < -0.39 is 0 Å². The summed E-state index contributed by atoms with van der Waals surface area (Å²) < 4.78 is 2.57. The zero-order valence-electron chi connectivity index (χ0n) is 27.3. The SMILES string of the molecule is C=C/C=C\C=C(/C)C1=C(Nc2ccccc2)CC(c2ccc3c(c2)c2c(n3C3C=CC=C3)C(c3ccccc3C(C)(C)C)=CC2)=C1. The third-order valence-electron chi connectivity index (χ3n) is 9.39. The number of nitrogens with zero attached hydrogens (tertiary/aromatic N) is 1. The minimum Gasteiger partial charge on any atom is -0.358 e. The van der Waals surface area contributed by atoms with Crippen molar-refractivity contribution in [3.63, 3.8) is 0 Å². The molecule has 0 bridgehead atoms. The van der Waals surface area contributed by atoms with Crippen LogP contribution in [0.25, 0.3) is 22.0 Å². The lowest BCUT2D eigenvalue weighted by molar-refractivity contribution is 0.588. The van der Waals surface area contributed by atoms with Gasteiger partial charge in [-0.2, -0.15) is 0 Å². The Kier molecular flexibility index (Phi) is 7.74. The van der Waals surface area contributed by atoms with Crippen LogP contribution in [0, 0.1) is 0 Å². The lowest BCUT2D eigenvalue weighted by Gasteiger charge is -2.25. The summed E-state index contributed by atoms with van der Waals surface area (Å²) in [5.41, 5.74) is 15.7. The maximum atomic E-state index is 3.83. The topological polar surface area (TPSA) is 17.0 Å². The minimum absolute atomic E-state index is 0.0521. The molecule has 4 aromatic rings. The van der Waals surface area contributed by atoms with E-state index in [9.17, 15) is 0 Å². The predicted molar refractivity (Wildman–Crippen MR) is 198 cm³/mol. The Morgan fingerprint density at radius 2 is 1.70 bits per heavy atom. The van der Waals surface area contributed by atoms with Gasteiger partial charge in [0.1, 0.15) is 0 Å². The van der Waals surface area contributed by atoms with Crippen molar-refractivity contribution in [3.8, 4) is 0 Å². The fourth-order valence-corrected chi connectivity index (χ4v) is 7.20. The number of benzene rings is 3. The molecular formula is C44H42N2. The molecule has 0 saturated carbocycles. The Labute approximate surface area is 273 Å². The number of fused-ring (bicyclic) bond motifs is 3. The first-order chi connectivity index (χ1) is 22.3. The molecule has 0 amide bonds. The van der Waals surface area contributed by atoms with E-state index in [1.165, 1.54) is 66.8 Å². The van der Waals surface area contributed by atoms with Crippen molar-refractivity contribution in [2.24, 2.45) is 0 Å². The van der Waals surface area contributed by atoms with E-state index in [2.05, 4.69) is 166 Å². The maximum Gasteiger partial charge on any atom is 0.0712 e. The van der Waals surface area contributed by atoms with Crippen LogP contribution in [-0.2, 0) is 11.8 Å². The van der Waals surface area contributed by atoms with Crippen molar-refractivity contribution in [2.75, 3.05) is 5.32 Å². The molecule has 3 aliphatic carbocycles. The van der Waals surface area contributed by atoms with E-state index in [1.807, 2.05) is 12.2 Å². The molecule has 3 aromatic carbocycles. The van der Waals surface area contributed by atoms with Crippen LogP contribution in [0.15, 0.2) is 157 Å². The van der Waals surface area contributed by atoms with Gasteiger partial charge in [-0.1, -0.05) is 131 Å². The van der Waals surface area contributed by atoms with Gasteiger partial charge < -0.3 is 9.88 Å². The second-order valence-electron chi connectivity index (χ2n) is 13.5. The van der Waals surface area contributed by atoms with Crippen LogP contribution in [0.4, 0.5) is 5.69 Å². The molecule has 1 aromatic heterocycles. The Bertz CT molecular complexity index is 2050. The molecule has 0 atom stereocenters. The van der Waals surface area contributed by atoms with E-state index in [1.54, 1.807) is 0 Å². The average molecular weight is 599 g/mol. The highest BCUT2D eigenvalue weighted by Crippen LogP contribution is 2.46. The molecule has 0 radical (unpaired) electrons. The lowest BCUT2D eigenvalue weighted by atomic mass is 9.81. The van der Waals surface area contributed by atoms with Crippen LogP contribution in [0.1, 0.15) is 68.1 Å². The molecule has 7 rings (SSSR count). The third-order valence-corrected chi connectivity index (χ3v) is 9.39. The smallest absolute Gasteiger partial charge is 0.0712 e. The Hall–Kier alpha value is -5.08. The number of para-hydroxylation sites is 1. The molecule has 0 fully saturated rings. The highest BCUT2D eigenvalue weighted by atomic mass is 15.0. The molecule has 0 aliphatic heterocycles. The van der Waals surface area contributed by atoms with E-state index in [4.69, 9.17) is 0 Å². The molecule has 3 aliphatic rings. The number of aromatic nitrogens is 1. The van der Waals surface area contributed by atoms with Crippen molar-refractivity contribution < 1.29 is 0 Å². The first-order valence-corrected chi connectivity index (χ1v) is 16.4. The van der Waals surface area contributed by atoms with Gasteiger partial charge in [-0.3, -0.25) is 0 Å². The fourth-order valence-electron chi connectivity index (χ4n) is 7.20. The van der Waals surface area contributed by atoms with E-state index in [0.717, 1.165) is 18.5 Å². The number of allylic oxidation sites excluding steroid dienone is 13. The standard InChI is InChI=1S/C44H42N2/c1-6-7-9-16-30(2)38-28-32(29-41(38)45-33-17-10-8-11-18-33)31-23-26-42-39(27-31)37-25-24-36(43(37)46(42)34-19-12-13-20-34)35-21-14-15-22-40(35)44(3,4)5/h6-24,26-28,34,45H,1,25,29H2,2-5H3/b9-7-,30-16+. The van der Waals surface area contributed by atoms with E-state index in [0.29, 0.717) is 0 Å². The third kappa shape index (κ3) is 5.39. The summed E-state index contributed by atoms with van der Waals surface area (Å²) in [4.78, 5) is 0. The maximum absolute atomic E-state index is 3.83. The van der Waals surface area contributed by atoms with Gasteiger partial charge in [0.2, 0.25) is 0 Å². The second-order valence-corrected chi connectivity index (χ2v) is 13.5. The molecule has 1 N–H and O–H groups in total. The van der Waals surface area contributed by atoms with Crippen LogP contribution >= 0.6 is 0 Å². The Morgan fingerprint density at radius 1 is 0.935 bits per heavy atom. The van der Waals surface area contributed by atoms with Crippen molar-refractivity contribution in [3.05, 3.63) is 185 Å². The van der Waals surface area contributed by atoms with Gasteiger partial charge in [0.15, 0.2) is 0 Å². The molecule has 2 nitrogen and oxygen atoms in total. The van der Waals surface area contributed by atoms with Gasteiger partial charge >= 0.3 is 0 Å². The largest absolute Gasteiger partial charge is 0.358 e. The number of anilines is 1. The van der Waals surface area contributed by atoms with Crippen LogP contribution in [0.3, 0.4) is 0 Å². The average Bonchev–Trinajstić information content (AvgIpc) is 3.86. The summed E-state index contributed by atoms with van der Waals surface area (Å²) in [6, 6.07) is 26.8. The van der Waals surface area contributed by atoms with Crippen molar-refractivity contribution >= 4 is 27.7 Å². The summed E-state index contributed by atoms with van der Waals surface area (Å²) in [7, 11) is 0. The summed E-state index contributed by atoms with van der Waals surface area (Å²) in [5, 5.41) is 5.09. The van der Waals surface area contributed by atoms with Crippen LogP contribution in [0.5, 0.6) is 0 Å². The van der Waals surface area contributed by atoms with Crippen molar-refractivity contribution in [1.29, 1.82) is 0 Å². The Balaban J connectivity index is 1.33. The van der Waals surface area contributed by atoms with Crippen LogP contribution < -0.4 is 5.32 Å². The monoisotopic (exact) mass is 598 g/mol. The van der Waals surface area contributed by atoms with Crippen LogP contribution in [0.2, 0.25) is 0 Å². The number of hydrogen-bond acceptors (Lipinski definition) is 1. The number of hydrogen-bond donors (Lipinski definition) is 1. The Morgan fingerprint density at radius 3 is 2.46 bits per heavy atom. The van der Waals surface area contributed by atoms with Gasteiger partial charge in [0.25, 0.3) is 0 Å². The zero-order chi connectivity index (χ0) is 31.8. The van der Waals surface area contributed by atoms with Gasteiger partial charge in [-0.25, -0.2) is 0 Å². The van der Waals surface area contributed by atoms with Gasteiger partial charge in [0.05, 0.1) is 11.7 Å². The highest BCUT2D eigenvalue weighted by molar-refractivity contribution is 5.99. The minimum atomic E-state index is 0.0521. The number of nitrogens with one attached hydrogen (secondary N) is 1. The quantitative estimate of drug-likeness (QED) is 0.200. The molecule has 0 unspecified atom stereocenters. The van der Waals surface area contributed by atoms with Gasteiger partial charge in [-0.15, -0.1) is 0 Å². The van der Waals surface area contributed by atoms with Crippen LogP contribution in [-0.4, -0.2) is 4.57 Å². The first kappa shape index (κ1) is 29.6. The zero-order valence-corrected chi connectivity index (χ0v) is 27.3. The summed E-state index contributed by atoms with van der Waals surface area (Å²) in [6.45, 7) is 13.0. The summed E-state index contributed by atoms with van der Waals surface area (Å²) in [6.07, 6.45) is 23.6. The molecule has 0 spiro atoms. The van der Waals surface area contributed by atoms with Gasteiger partial charge in [-0.05, 0) is 88.1 Å². The summed E-state index contributed by atoms with van der Waals surface area (Å²) in [5.74, 6) is 0. The van der Waals surface area contributed by atoms with Gasteiger partial charge in [0, 0.05) is 34.3 Å². The predicted octanol–water partition coefficient (Wildman–Crippen LogP) is 11.4. The fraction of sp³-hybridized carbons (Fsp3) is 0.182. The molecular weight excluding hydrogens is 556 g/mol. The molecule has 2 heteroatoms. The normalized spacial score (nSPS) is 16.6. The van der Waals surface area contributed by atoms with Crippen molar-refractivity contribution in [2.45, 2.75) is 52.0 Å². The second kappa shape index (κ2) is 12.0. The van der Waals surface area contributed by atoms with Crippen molar-refractivity contribution in [1.82, 2.24) is 4.57 Å². The summed E-state index contributed by atoms with van der Waals surface area (Å²) >= 11 is 0. The lowest BCUT2D eigenvalue weighted by Crippen LogP contribution is -2.15. The molecule has 46 heavy (non-hydrogen) atoms. The molecule has 228 valence electrons. The van der Waals surface area contributed by atoms with E-state index >= 15 is 0 Å². The highest BCUT2D eigenvalue weighted by Gasteiger charge is 2.30.